The zero-order chi connectivity index (χ0) is 20.9. The van der Waals surface area contributed by atoms with E-state index in [1.165, 1.54) is 0 Å². The van der Waals surface area contributed by atoms with Gasteiger partial charge in [-0.05, 0) is 83.9 Å². The van der Waals surface area contributed by atoms with Gasteiger partial charge in [0.05, 0.1) is 10.6 Å². The molecule has 0 fully saturated rings. The monoisotopic (exact) mass is 467 g/mol. The lowest BCUT2D eigenvalue weighted by Gasteiger charge is -2.26. The number of carbonyl (C=O) groups excluding carboxylic acids is 1. The molecule has 0 aliphatic carbocycles. The number of fused-ring (bicyclic) bond motifs is 1. The third kappa shape index (κ3) is 3.30. The van der Waals surface area contributed by atoms with Crippen molar-refractivity contribution in [3.63, 3.8) is 0 Å². The van der Waals surface area contributed by atoms with Gasteiger partial charge in [0.15, 0.2) is 5.82 Å². The Morgan fingerprint density at radius 1 is 1.10 bits per heavy atom. The molecule has 0 bridgehead atoms. The van der Waals surface area contributed by atoms with Crippen LogP contribution < -0.4 is 4.90 Å². The molecule has 0 saturated carbocycles. The third-order valence-electron chi connectivity index (χ3n) is 5.05. The highest BCUT2D eigenvalue weighted by Gasteiger charge is 2.28. The minimum absolute atomic E-state index is 0.0434. The van der Waals surface area contributed by atoms with Crippen LogP contribution in [-0.2, 0) is 4.79 Å². The van der Waals surface area contributed by atoms with Crippen LogP contribution in [0.4, 0.5) is 11.5 Å². The van der Waals surface area contributed by atoms with E-state index in [0.717, 1.165) is 54.6 Å². The number of aromatic nitrogens is 2. The van der Waals surface area contributed by atoms with Crippen LogP contribution in [0.3, 0.4) is 0 Å². The Hall–Kier alpha value is -2.44. The lowest BCUT2D eigenvalue weighted by molar-refractivity contribution is -0.115. The molecule has 29 heavy (non-hydrogen) atoms. The Balaban J connectivity index is 2.15. The van der Waals surface area contributed by atoms with Crippen molar-refractivity contribution < 1.29 is 4.79 Å². The summed E-state index contributed by atoms with van der Waals surface area (Å²) >= 11 is 5.27. The van der Waals surface area contributed by atoms with Crippen LogP contribution in [-0.4, -0.2) is 15.3 Å². The van der Waals surface area contributed by atoms with E-state index in [1.54, 1.807) is 18.3 Å². The number of para-hydroxylation sites is 1. The summed E-state index contributed by atoms with van der Waals surface area (Å²) in [6.45, 7) is 9.82. The fraction of sp³-hybridized carbons (Fsp3) is 0.217. The van der Waals surface area contributed by atoms with Gasteiger partial charge in [0.25, 0.3) is 0 Å². The molecule has 0 spiro atoms. The van der Waals surface area contributed by atoms with Gasteiger partial charge >= 0.3 is 0 Å². The van der Waals surface area contributed by atoms with Crippen molar-refractivity contribution in [2.75, 3.05) is 4.90 Å². The molecule has 0 aliphatic heterocycles. The van der Waals surface area contributed by atoms with Crippen molar-refractivity contribution >= 4 is 50.3 Å². The van der Waals surface area contributed by atoms with Gasteiger partial charge in [0.1, 0.15) is 11.3 Å². The summed E-state index contributed by atoms with van der Waals surface area (Å²) in [6, 6.07) is 12.3. The van der Waals surface area contributed by atoms with Gasteiger partial charge in [-0.3, -0.25) is 14.1 Å². The number of pyridine rings is 1. The number of benzene rings is 1. The smallest absolute Gasteiger partial charge is 0.229 e. The molecule has 0 aliphatic rings. The molecule has 4 aromatic rings. The maximum Gasteiger partial charge on any atom is 0.229 e. The molecule has 6 heteroatoms. The number of aryl methyl sites for hydroxylation is 4. The summed E-state index contributed by atoms with van der Waals surface area (Å²) in [7, 11) is 0. The van der Waals surface area contributed by atoms with Gasteiger partial charge in [0.2, 0.25) is 5.91 Å². The Labute approximate surface area is 183 Å². The number of thiophene rings is 1. The van der Waals surface area contributed by atoms with Crippen molar-refractivity contribution in [1.82, 2.24) is 9.38 Å². The SMILES string of the molecule is CC(=O)N(c1c(C)cccc1C)c1c(-c2sccc2Br)nc2cc(C)cc(C)n12. The Morgan fingerprint density at radius 3 is 2.38 bits per heavy atom. The minimum atomic E-state index is -0.0434. The fourth-order valence-electron chi connectivity index (χ4n) is 3.90. The van der Waals surface area contributed by atoms with Crippen LogP contribution in [0.5, 0.6) is 0 Å². The second kappa shape index (κ2) is 7.43. The molecule has 1 amide bonds. The van der Waals surface area contributed by atoms with Gasteiger partial charge < -0.3 is 0 Å². The summed E-state index contributed by atoms with van der Waals surface area (Å²) in [5.41, 5.74) is 6.84. The van der Waals surface area contributed by atoms with Crippen molar-refractivity contribution in [2.24, 2.45) is 0 Å². The number of anilines is 2. The number of hydrogen-bond acceptors (Lipinski definition) is 3. The first-order valence-electron chi connectivity index (χ1n) is 9.39. The highest BCUT2D eigenvalue weighted by molar-refractivity contribution is 9.10. The van der Waals surface area contributed by atoms with E-state index < -0.39 is 0 Å². The Kier molecular flexibility index (Phi) is 5.09. The molecule has 3 heterocycles. The first kappa shape index (κ1) is 19.9. The molecular formula is C23H22BrN3OS. The predicted molar refractivity (Wildman–Crippen MR) is 124 cm³/mol. The average Bonchev–Trinajstić information content (AvgIpc) is 3.21. The van der Waals surface area contributed by atoms with Crippen molar-refractivity contribution in [1.29, 1.82) is 0 Å². The predicted octanol–water partition coefficient (Wildman–Crippen LogP) is 6.74. The Bertz CT molecular complexity index is 1230. The minimum Gasteiger partial charge on any atom is -0.282 e. The van der Waals surface area contributed by atoms with Crippen LogP contribution in [0.2, 0.25) is 0 Å². The fourth-order valence-corrected chi connectivity index (χ4v) is 5.45. The van der Waals surface area contributed by atoms with E-state index in [0.29, 0.717) is 0 Å². The normalized spacial score (nSPS) is 11.2. The largest absolute Gasteiger partial charge is 0.282 e. The lowest BCUT2D eigenvalue weighted by atomic mass is 10.1. The van der Waals surface area contributed by atoms with Gasteiger partial charge in [0, 0.05) is 17.1 Å². The molecule has 0 saturated heterocycles. The summed E-state index contributed by atoms with van der Waals surface area (Å²) in [5.74, 6) is 0.739. The van der Waals surface area contributed by atoms with Gasteiger partial charge in [-0.25, -0.2) is 4.98 Å². The maximum atomic E-state index is 13.1. The summed E-state index contributed by atoms with van der Waals surface area (Å²) in [4.78, 5) is 20.9. The van der Waals surface area contributed by atoms with E-state index in [1.807, 2.05) is 48.4 Å². The Morgan fingerprint density at radius 2 is 1.79 bits per heavy atom. The van der Waals surface area contributed by atoms with Crippen LogP contribution >= 0.6 is 27.3 Å². The number of rotatable bonds is 3. The van der Waals surface area contributed by atoms with Crippen LogP contribution in [0, 0.1) is 27.7 Å². The first-order chi connectivity index (χ1) is 13.8. The van der Waals surface area contributed by atoms with Crippen molar-refractivity contribution in [3.05, 3.63) is 68.6 Å². The highest BCUT2D eigenvalue weighted by Crippen LogP contribution is 2.43. The van der Waals surface area contributed by atoms with E-state index in [9.17, 15) is 4.79 Å². The second-order valence-corrected chi connectivity index (χ2v) is 9.11. The maximum absolute atomic E-state index is 13.1. The molecule has 4 nitrogen and oxygen atoms in total. The molecular weight excluding hydrogens is 446 g/mol. The van der Waals surface area contributed by atoms with E-state index in [-0.39, 0.29) is 5.91 Å². The second-order valence-electron chi connectivity index (χ2n) is 7.34. The van der Waals surface area contributed by atoms with Crippen molar-refractivity contribution in [2.45, 2.75) is 34.6 Å². The molecule has 0 radical (unpaired) electrons. The number of hydrogen-bond donors (Lipinski definition) is 0. The van der Waals surface area contributed by atoms with Crippen LogP contribution in [0.1, 0.15) is 29.3 Å². The zero-order valence-corrected chi connectivity index (χ0v) is 19.5. The topological polar surface area (TPSA) is 37.6 Å². The van der Waals surface area contributed by atoms with Crippen LogP contribution in [0.25, 0.3) is 16.2 Å². The average molecular weight is 468 g/mol. The summed E-state index contributed by atoms with van der Waals surface area (Å²) < 4.78 is 3.06. The lowest BCUT2D eigenvalue weighted by Crippen LogP contribution is -2.26. The quantitative estimate of drug-likeness (QED) is 0.334. The van der Waals surface area contributed by atoms with Crippen molar-refractivity contribution in [3.8, 4) is 10.6 Å². The number of carbonyl (C=O) groups is 1. The molecule has 4 rings (SSSR count). The third-order valence-corrected chi connectivity index (χ3v) is 6.89. The van der Waals surface area contributed by atoms with Crippen LogP contribution in [0.15, 0.2) is 46.3 Å². The number of amides is 1. The van der Waals surface area contributed by atoms with Gasteiger partial charge in [-0.2, -0.15) is 0 Å². The van der Waals surface area contributed by atoms with Gasteiger partial charge in [-0.1, -0.05) is 18.2 Å². The highest BCUT2D eigenvalue weighted by atomic mass is 79.9. The number of halogens is 1. The molecule has 3 aromatic heterocycles. The molecule has 0 N–H and O–H groups in total. The van der Waals surface area contributed by atoms with Gasteiger partial charge in [-0.15, -0.1) is 11.3 Å². The first-order valence-corrected chi connectivity index (χ1v) is 11.1. The molecule has 0 atom stereocenters. The standard InChI is InChI=1S/C23H22BrN3OS/c1-13-11-16(4)26-19(12-13)25-20(22-18(24)9-10-29-22)23(26)27(17(5)28)21-14(2)7-6-8-15(21)3/h6-12H,1-5H3. The number of nitrogens with zero attached hydrogens (tertiary/aromatic N) is 3. The van der Waals surface area contributed by atoms with E-state index in [2.05, 4.69) is 46.3 Å². The summed E-state index contributed by atoms with van der Waals surface area (Å²) in [5, 5.41) is 2.03. The molecule has 148 valence electrons. The molecule has 1 aromatic carbocycles. The zero-order valence-electron chi connectivity index (χ0n) is 17.1. The molecule has 0 unspecified atom stereocenters. The summed E-state index contributed by atoms with van der Waals surface area (Å²) in [6.07, 6.45) is 0. The van der Waals surface area contributed by atoms with E-state index >= 15 is 0 Å². The number of imidazole rings is 1. The van der Waals surface area contributed by atoms with E-state index in [4.69, 9.17) is 4.98 Å².